The third kappa shape index (κ3) is 3.76. The summed E-state index contributed by atoms with van der Waals surface area (Å²) in [6, 6.07) is 7.12. The molecule has 0 saturated heterocycles. The molecule has 1 heterocycles. The van der Waals surface area contributed by atoms with E-state index in [9.17, 15) is 9.90 Å². The van der Waals surface area contributed by atoms with Gasteiger partial charge >= 0.3 is 0 Å². The fourth-order valence-corrected chi connectivity index (χ4v) is 1.84. The van der Waals surface area contributed by atoms with Crippen LogP contribution >= 0.6 is 0 Å². The first-order chi connectivity index (χ1) is 10.1. The smallest absolute Gasteiger partial charge is 0.271 e. The van der Waals surface area contributed by atoms with Gasteiger partial charge in [0.15, 0.2) is 0 Å². The molecule has 6 heteroatoms. The molecule has 0 aliphatic carbocycles. The lowest BCUT2D eigenvalue weighted by Crippen LogP contribution is -2.29. The molecule has 6 nitrogen and oxygen atoms in total. The summed E-state index contributed by atoms with van der Waals surface area (Å²) in [6.07, 6.45) is 2.06. The summed E-state index contributed by atoms with van der Waals surface area (Å²) in [5, 5.41) is 12.8. The largest absolute Gasteiger partial charge is 0.496 e. The van der Waals surface area contributed by atoms with Crippen LogP contribution in [0.4, 0.5) is 0 Å². The van der Waals surface area contributed by atoms with Gasteiger partial charge < -0.3 is 15.2 Å². The fraction of sp³-hybridized carbons (Fsp3) is 0.267. The first-order valence-corrected chi connectivity index (χ1v) is 6.49. The molecule has 0 unspecified atom stereocenters. The number of aliphatic hydroxyl groups is 1. The number of methoxy groups -OCH3 is 1. The predicted octanol–water partition coefficient (Wildman–Crippen LogP) is 1.26. The number of rotatable bonds is 5. The molecule has 1 amide bonds. The zero-order valence-corrected chi connectivity index (χ0v) is 11.9. The zero-order valence-electron chi connectivity index (χ0n) is 11.9. The molecule has 21 heavy (non-hydrogen) atoms. The highest BCUT2D eigenvalue weighted by Gasteiger charge is 2.15. The van der Waals surface area contributed by atoms with E-state index in [0.29, 0.717) is 11.3 Å². The van der Waals surface area contributed by atoms with E-state index < -0.39 is 6.10 Å². The van der Waals surface area contributed by atoms with Gasteiger partial charge in [-0.3, -0.25) is 9.78 Å². The molecule has 1 atom stereocenters. The number of nitrogens with zero attached hydrogens (tertiary/aromatic N) is 2. The number of para-hydroxylation sites is 1. The van der Waals surface area contributed by atoms with Crippen molar-refractivity contribution in [3.8, 4) is 5.75 Å². The number of benzene rings is 1. The molecule has 1 aromatic carbocycles. The van der Waals surface area contributed by atoms with Crippen LogP contribution in [0.2, 0.25) is 0 Å². The van der Waals surface area contributed by atoms with Gasteiger partial charge in [-0.1, -0.05) is 18.2 Å². The van der Waals surface area contributed by atoms with Crippen molar-refractivity contribution in [2.75, 3.05) is 13.7 Å². The number of ether oxygens (including phenoxy) is 1. The average Bonchev–Trinajstić information content (AvgIpc) is 2.52. The maximum absolute atomic E-state index is 11.9. The molecule has 1 aromatic heterocycles. The van der Waals surface area contributed by atoms with Gasteiger partial charge in [0.05, 0.1) is 25.1 Å². The van der Waals surface area contributed by atoms with Gasteiger partial charge in [-0.25, -0.2) is 4.98 Å². The molecule has 110 valence electrons. The second kappa shape index (κ2) is 6.81. The maximum atomic E-state index is 11.9. The number of aryl methyl sites for hydroxylation is 1. The van der Waals surface area contributed by atoms with Crippen LogP contribution in [0.15, 0.2) is 36.7 Å². The van der Waals surface area contributed by atoms with Crippen LogP contribution < -0.4 is 10.1 Å². The Morgan fingerprint density at radius 3 is 2.76 bits per heavy atom. The van der Waals surface area contributed by atoms with Crippen molar-refractivity contribution in [1.29, 1.82) is 0 Å². The summed E-state index contributed by atoms with van der Waals surface area (Å²) in [7, 11) is 1.53. The lowest BCUT2D eigenvalue weighted by molar-refractivity contribution is 0.0909. The summed E-state index contributed by atoms with van der Waals surface area (Å²) in [5.74, 6) is 0.200. The lowest BCUT2D eigenvalue weighted by Gasteiger charge is -2.15. The van der Waals surface area contributed by atoms with Gasteiger partial charge in [0.25, 0.3) is 5.91 Å². The zero-order chi connectivity index (χ0) is 15.2. The van der Waals surface area contributed by atoms with Crippen molar-refractivity contribution in [1.82, 2.24) is 15.3 Å². The Morgan fingerprint density at radius 1 is 1.33 bits per heavy atom. The first-order valence-electron chi connectivity index (χ1n) is 6.49. The standard InChI is InChI=1S/C15H17N3O3/c1-10-7-17-12(8-16-10)15(20)18-9-13(19)11-5-3-4-6-14(11)21-2/h3-8,13,19H,9H2,1-2H3,(H,18,20)/t13-/m0/s1. The quantitative estimate of drug-likeness (QED) is 0.864. The average molecular weight is 287 g/mol. The van der Waals surface area contributed by atoms with Crippen molar-refractivity contribution in [3.63, 3.8) is 0 Å². The molecule has 0 aliphatic heterocycles. The summed E-state index contributed by atoms with van der Waals surface area (Å²) < 4.78 is 5.18. The van der Waals surface area contributed by atoms with E-state index in [0.717, 1.165) is 5.69 Å². The van der Waals surface area contributed by atoms with Crippen LogP contribution in [0, 0.1) is 6.92 Å². The number of carbonyl (C=O) groups excluding carboxylic acids is 1. The van der Waals surface area contributed by atoms with E-state index in [1.165, 1.54) is 19.5 Å². The number of hydrogen-bond donors (Lipinski definition) is 2. The molecule has 0 spiro atoms. The van der Waals surface area contributed by atoms with Gasteiger partial charge in [0, 0.05) is 18.3 Å². The van der Waals surface area contributed by atoms with Crippen molar-refractivity contribution < 1.29 is 14.6 Å². The van der Waals surface area contributed by atoms with E-state index in [1.807, 2.05) is 6.07 Å². The number of aliphatic hydroxyl groups excluding tert-OH is 1. The Bertz CT molecular complexity index is 614. The Morgan fingerprint density at radius 2 is 2.10 bits per heavy atom. The molecule has 0 aliphatic rings. The van der Waals surface area contributed by atoms with Gasteiger partial charge in [-0.2, -0.15) is 0 Å². The van der Waals surface area contributed by atoms with Crippen LogP contribution in [0.25, 0.3) is 0 Å². The molecule has 0 fully saturated rings. The number of aromatic nitrogens is 2. The van der Waals surface area contributed by atoms with E-state index in [4.69, 9.17) is 4.74 Å². The normalized spacial score (nSPS) is 11.8. The highest BCUT2D eigenvalue weighted by Crippen LogP contribution is 2.23. The monoisotopic (exact) mass is 287 g/mol. The molecular formula is C15H17N3O3. The maximum Gasteiger partial charge on any atom is 0.271 e. The minimum atomic E-state index is -0.858. The predicted molar refractivity (Wildman–Crippen MR) is 77.1 cm³/mol. The summed E-state index contributed by atoms with van der Waals surface area (Å²) in [4.78, 5) is 19.9. The van der Waals surface area contributed by atoms with E-state index in [-0.39, 0.29) is 18.1 Å². The van der Waals surface area contributed by atoms with Crippen LogP contribution in [0.1, 0.15) is 27.8 Å². The van der Waals surface area contributed by atoms with Gasteiger partial charge in [0.2, 0.25) is 0 Å². The first kappa shape index (κ1) is 14.9. The number of hydrogen-bond acceptors (Lipinski definition) is 5. The topological polar surface area (TPSA) is 84.3 Å². The highest BCUT2D eigenvalue weighted by atomic mass is 16.5. The number of amides is 1. The lowest BCUT2D eigenvalue weighted by atomic mass is 10.1. The number of carbonyl (C=O) groups is 1. The Labute approximate surface area is 122 Å². The van der Waals surface area contributed by atoms with Crippen molar-refractivity contribution >= 4 is 5.91 Å². The molecule has 2 aromatic rings. The van der Waals surface area contributed by atoms with Crippen LogP contribution in [0.5, 0.6) is 5.75 Å². The van der Waals surface area contributed by atoms with Crippen molar-refractivity contribution in [2.45, 2.75) is 13.0 Å². The second-order valence-corrected chi connectivity index (χ2v) is 4.51. The van der Waals surface area contributed by atoms with Crippen LogP contribution in [-0.4, -0.2) is 34.6 Å². The molecule has 2 rings (SSSR count). The van der Waals surface area contributed by atoms with Crippen molar-refractivity contribution in [2.24, 2.45) is 0 Å². The van der Waals surface area contributed by atoms with Gasteiger partial charge in [-0.05, 0) is 13.0 Å². The highest BCUT2D eigenvalue weighted by molar-refractivity contribution is 5.91. The number of nitrogens with one attached hydrogen (secondary N) is 1. The van der Waals surface area contributed by atoms with Crippen molar-refractivity contribution in [3.05, 3.63) is 53.6 Å². The van der Waals surface area contributed by atoms with E-state index in [1.54, 1.807) is 25.1 Å². The second-order valence-electron chi connectivity index (χ2n) is 4.51. The van der Waals surface area contributed by atoms with E-state index >= 15 is 0 Å². The molecule has 0 radical (unpaired) electrons. The molecule has 2 N–H and O–H groups in total. The summed E-state index contributed by atoms with van der Waals surface area (Å²) >= 11 is 0. The third-order valence-electron chi connectivity index (χ3n) is 2.97. The van der Waals surface area contributed by atoms with E-state index in [2.05, 4.69) is 15.3 Å². The summed E-state index contributed by atoms with van der Waals surface area (Å²) in [5.41, 5.74) is 1.57. The SMILES string of the molecule is COc1ccccc1[C@@H](O)CNC(=O)c1cnc(C)cn1. The minimum Gasteiger partial charge on any atom is -0.496 e. The summed E-state index contributed by atoms with van der Waals surface area (Å²) in [6.45, 7) is 1.86. The molecular weight excluding hydrogens is 270 g/mol. The van der Waals surface area contributed by atoms with Crippen LogP contribution in [-0.2, 0) is 0 Å². The molecule has 0 saturated carbocycles. The Balaban J connectivity index is 1.99. The Hall–Kier alpha value is -2.47. The fourth-order valence-electron chi connectivity index (χ4n) is 1.84. The minimum absolute atomic E-state index is 0.0642. The van der Waals surface area contributed by atoms with Gasteiger partial charge in [0.1, 0.15) is 11.4 Å². The third-order valence-corrected chi connectivity index (χ3v) is 2.97. The Kier molecular flexibility index (Phi) is 4.84. The van der Waals surface area contributed by atoms with Crippen LogP contribution in [0.3, 0.4) is 0 Å². The van der Waals surface area contributed by atoms with Gasteiger partial charge in [-0.15, -0.1) is 0 Å². The molecule has 0 bridgehead atoms.